The number of nitrogens with zero attached hydrogens (tertiary/aromatic N) is 2. The standard InChI is InChI=1S/C19H18N4O3/c1-11(17-14-4-2-3-5-15(14)18(25)22-21-17)19(26)23-7-6-12-8-16(24)20-9-13(12)10-23/h2-5,8-9,11H,6-7,10H2,1H3,(H,20,24)(H,22,25). The van der Waals surface area contributed by atoms with Gasteiger partial charge >= 0.3 is 0 Å². The minimum atomic E-state index is -0.485. The monoisotopic (exact) mass is 350 g/mol. The number of hydrogen-bond acceptors (Lipinski definition) is 4. The number of nitrogens with one attached hydrogen (secondary N) is 2. The first-order chi connectivity index (χ1) is 12.5. The lowest BCUT2D eigenvalue weighted by atomic mass is 9.97. The highest BCUT2D eigenvalue weighted by molar-refractivity contribution is 5.91. The van der Waals surface area contributed by atoms with Crippen LogP contribution in [0.5, 0.6) is 0 Å². The fourth-order valence-electron chi connectivity index (χ4n) is 3.51. The molecule has 0 radical (unpaired) electrons. The van der Waals surface area contributed by atoms with Gasteiger partial charge in [-0.05, 0) is 30.5 Å². The smallest absolute Gasteiger partial charge is 0.272 e. The first kappa shape index (κ1) is 16.3. The molecule has 1 amide bonds. The molecule has 1 unspecified atom stereocenters. The summed E-state index contributed by atoms with van der Waals surface area (Å²) in [7, 11) is 0. The third-order valence-electron chi connectivity index (χ3n) is 4.94. The van der Waals surface area contributed by atoms with E-state index in [-0.39, 0.29) is 17.0 Å². The van der Waals surface area contributed by atoms with Crippen LogP contribution in [0.3, 0.4) is 0 Å². The van der Waals surface area contributed by atoms with Crippen LogP contribution in [0.4, 0.5) is 0 Å². The van der Waals surface area contributed by atoms with Gasteiger partial charge in [-0.15, -0.1) is 0 Å². The molecule has 1 atom stereocenters. The van der Waals surface area contributed by atoms with E-state index in [1.54, 1.807) is 36.2 Å². The van der Waals surface area contributed by atoms with Crippen LogP contribution in [0.25, 0.3) is 10.8 Å². The summed E-state index contributed by atoms with van der Waals surface area (Å²) < 4.78 is 0. The van der Waals surface area contributed by atoms with Crippen molar-refractivity contribution in [1.29, 1.82) is 0 Å². The molecular formula is C19H18N4O3. The summed E-state index contributed by atoms with van der Waals surface area (Å²) in [6, 6.07) is 8.75. The molecule has 1 aliphatic heterocycles. The first-order valence-corrected chi connectivity index (χ1v) is 8.51. The molecule has 132 valence electrons. The zero-order chi connectivity index (χ0) is 18.3. The number of benzene rings is 1. The zero-order valence-electron chi connectivity index (χ0n) is 14.3. The summed E-state index contributed by atoms with van der Waals surface area (Å²) in [5.74, 6) is -0.535. The lowest BCUT2D eigenvalue weighted by molar-refractivity contribution is -0.133. The molecule has 0 fully saturated rings. The Morgan fingerprint density at radius 2 is 1.96 bits per heavy atom. The second-order valence-corrected chi connectivity index (χ2v) is 6.56. The molecule has 0 aliphatic carbocycles. The summed E-state index contributed by atoms with van der Waals surface area (Å²) in [4.78, 5) is 40.8. The molecular weight excluding hydrogens is 332 g/mol. The minimum Gasteiger partial charge on any atom is -0.337 e. The molecule has 4 rings (SSSR count). The van der Waals surface area contributed by atoms with Gasteiger partial charge in [0.1, 0.15) is 0 Å². The fraction of sp³-hybridized carbons (Fsp3) is 0.263. The molecule has 0 bridgehead atoms. The third kappa shape index (κ3) is 2.71. The number of H-pyrrole nitrogens is 2. The van der Waals surface area contributed by atoms with Gasteiger partial charge in [0.15, 0.2) is 0 Å². The number of carbonyl (C=O) groups is 1. The van der Waals surface area contributed by atoms with Gasteiger partial charge in [-0.1, -0.05) is 18.2 Å². The van der Waals surface area contributed by atoms with Crippen LogP contribution >= 0.6 is 0 Å². The Kier molecular flexibility index (Phi) is 3.91. The largest absolute Gasteiger partial charge is 0.337 e. The quantitative estimate of drug-likeness (QED) is 0.728. The van der Waals surface area contributed by atoms with E-state index in [9.17, 15) is 14.4 Å². The van der Waals surface area contributed by atoms with Crippen LogP contribution in [-0.2, 0) is 17.8 Å². The highest BCUT2D eigenvalue weighted by Gasteiger charge is 2.28. The second-order valence-electron chi connectivity index (χ2n) is 6.56. The fourth-order valence-corrected chi connectivity index (χ4v) is 3.51. The van der Waals surface area contributed by atoms with E-state index >= 15 is 0 Å². The van der Waals surface area contributed by atoms with E-state index in [2.05, 4.69) is 15.2 Å². The Morgan fingerprint density at radius 1 is 1.19 bits per heavy atom. The summed E-state index contributed by atoms with van der Waals surface area (Å²) in [5, 5.41) is 7.85. The van der Waals surface area contributed by atoms with Crippen molar-refractivity contribution < 1.29 is 4.79 Å². The van der Waals surface area contributed by atoms with Crippen molar-refractivity contribution >= 4 is 16.7 Å². The van der Waals surface area contributed by atoms with Crippen LogP contribution in [-0.4, -0.2) is 32.5 Å². The Balaban J connectivity index is 1.65. The predicted molar refractivity (Wildman–Crippen MR) is 97.0 cm³/mol. The van der Waals surface area contributed by atoms with E-state index in [0.29, 0.717) is 36.0 Å². The Hall–Kier alpha value is -3.22. The van der Waals surface area contributed by atoms with Crippen molar-refractivity contribution in [2.75, 3.05) is 6.54 Å². The van der Waals surface area contributed by atoms with Crippen molar-refractivity contribution in [3.8, 4) is 0 Å². The second kappa shape index (κ2) is 6.25. The number of fused-ring (bicyclic) bond motifs is 2. The lowest BCUT2D eigenvalue weighted by Gasteiger charge is -2.30. The number of pyridine rings is 1. The van der Waals surface area contributed by atoms with E-state index < -0.39 is 5.92 Å². The Labute approximate surface area is 148 Å². The van der Waals surface area contributed by atoms with Crippen LogP contribution in [0.1, 0.15) is 29.7 Å². The summed E-state index contributed by atoms with van der Waals surface area (Å²) in [6.45, 7) is 2.81. The van der Waals surface area contributed by atoms with Crippen molar-refractivity contribution in [2.24, 2.45) is 0 Å². The van der Waals surface area contributed by atoms with Gasteiger partial charge in [0, 0.05) is 30.7 Å². The van der Waals surface area contributed by atoms with Crippen molar-refractivity contribution in [3.63, 3.8) is 0 Å². The van der Waals surface area contributed by atoms with Gasteiger partial charge in [-0.25, -0.2) is 5.10 Å². The number of rotatable bonds is 2. The number of carbonyl (C=O) groups excluding carboxylic acids is 1. The molecule has 7 heteroatoms. The molecule has 2 N–H and O–H groups in total. The van der Waals surface area contributed by atoms with Gasteiger partial charge in [-0.3, -0.25) is 14.4 Å². The van der Waals surface area contributed by atoms with E-state index in [1.165, 1.54) is 0 Å². The highest BCUT2D eigenvalue weighted by atomic mass is 16.2. The van der Waals surface area contributed by atoms with Crippen LogP contribution in [0.15, 0.2) is 46.1 Å². The number of aromatic nitrogens is 3. The van der Waals surface area contributed by atoms with Crippen LogP contribution < -0.4 is 11.1 Å². The first-order valence-electron chi connectivity index (χ1n) is 8.51. The summed E-state index contributed by atoms with van der Waals surface area (Å²) in [6.07, 6.45) is 2.33. The van der Waals surface area contributed by atoms with Gasteiger partial charge in [0.05, 0.1) is 17.0 Å². The lowest BCUT2D eigenvalue weighted by Crippen LogP contribution is -2.39. The van der Waals surface area contributed by atoms with Crippen molar-refractivity contribution in [2.45, 2.75) is 25.8 Å². The molecule has 3 heterocycles. The number of amides is 1. The number of aromatic amines is 2. The van der Waals surface area contributed by atoms with Gasteiger partial charge in [0.2, 0.25) is 11.5 Å². The van der Waals surface area contributed by atoms with E-state index in [1.807, 2.05) is 12.1 Å². The van der Waals surface area contributed by atoms with Crippen molar-refractivity contribution in [3.05, 3.63) is 74.1 Å². The molecule has 0 spiro atoms. The molecule has 2 aromatic heterocycles. The van der Waals surface area contributed by atoms with E-state index in [0.717, 1.165) is 11.1 Å². The maximum absolute atomic E-state index is 13.0. The SMILES string of the molecule is CC(C(=O)N1CCc2cc(=O)[nH]cc2C1)c1n[nH]c(=O)c2ccccc12. The minimum absolute atomic E-state index is 0.0495. The molecule has 7 nitrogen and oxygen atoms in total. The Morgan fingerprint density at radius 3 is 2.77 bits per heavy atom. The van der Waals surface area contributed by atoms with E-state index in [4.69, 9.17) is 0 Å². The normalized spacial score (nSPS) is 14.9. The molecule has 26 heavy (non-hydrogen) atoms. The maximum Gasteiger partial charge on any atom is 0.272 e. The van der Waals surface area contributed by atoms with Crippen LogP contribution in [0, 0.1) is 0 Å². The average molecular weight is 350 g/mol. The maximum atomic E-state index is 13.0. The molecule has 1 aromatic carbocycles. The molecule has 0 saturated carbocycles. The average Bonchev–Trinajstić information content (AvgIpc) is 2.67. The number of hydrogen-bond donors (Lipinski definition) is 2. The molecule has 1 aliphatic rings. The van der Waals surface area contributed by atoms with Crippen molar-refractivity contribution in [1.82, 2.24) is 20.1 Å². The van der Waals surface area contributed by atoms with Crippen LogP contribution in [0.2, 0.25) is 0 Å². The van der Waals surface area contributed by atoms with Gasteiger partial charge in [-0.2, -0.15) is 5.10 Å². The summed E-state index contributed by atoms with van der Waals surface area (Å²) in [5.41, 5.74) is 2.12. The molecule has 0 saturated heterocycles. The van der Waals surface area contributed by atoms with Gasteiger partial charge < -0.3 is 9.88 Å². The van der Waals surface area contributed by atoms with Gasteiger partial charge in [0.25, 0.3) is 5.56 Å². The highest BCUT2D eigenvalue weighted by Crippen LogP contribution is 2.25. The Bertz CT molecular complexity index is 1120. The summed E-state index contributed by atoms with van der Waals surface area (Å²) >= 11 is 0. The zero-order valence-corrected chi connectivity index (χ0v) is 14.3. The topological polar surface area (TPSA) is 98.9 Å². The predicted octanol–water partition coefficient (Wildman–Crippen LogP) is 1.30. The molecule has 3 aromatic rings. The third-order valence-corrected chi connectivity index (χ3v) is 4.94.